The highest BCUT2D eigenvalue weighted by atomic mass is 16.5. The van der Waals surface area contributed by atoms with Gasteiger partial charge in [0.1, 0.15) is 6.04 Å². The number of nitrogens with one attached hydrogen (secondary N) is 2. The van der Waals surface area contributed by atoms with Gasteiger partial charge in [-0.25, -0.2) is 0 Å². The minimum absolute atomic E-state index is 0.0525. The molecule has 2 aromatic rings. The number of nitrogens with zero attached hydrogens (tertiary/aromatic N) is 1. The van der Waals surface area contributed by atoms with Crippen LogP contribution in [0.15, 0.2) is 42.7 Å². The quantitative estimate of drug-likeness (QED) is 0.690. The first kappa shape index (κ1) is 21.2. The summed E-state index contributed by atoms with van der Waals surface area (Å²) < 4.78 is 10.5. The van der Waals surface area contributed by atoms with E-state index in [1.54, 1.807) is 44.8 Å². The van der Waals surface area contributed by atoms with Crippen LogP contribution < -0.4 is 20.1 Å². The Bertz CT molecular complexity index is 793. The molecule has 0 saturated carbocycles. The Balaban J connectivity index is 1.97. The van der Waals surface area contributed by atoms with Gasteiger partial charge in [-0.3, -0.25) is 14.6 Å². The molecule has 0 fully saturated rings. The van der Waals surface area contributed by atoms with E-state index in [1.165, 1.54) is 0 Å². The van der Waals surface area contributed by atoms with E-state index in [4.69, 9.17) is 9.47 Å². The summed E-state index contributed by atoms with van der Waals surface area (Å²) in [5, 5.41) is 5.68. The zero-order chi connectivity index (χ0) is 20.5. The first-order valence-corrected chi connectivity index (χ1v) is 9.11. The third kappa shape index (κ3) is 5.97. The monoisotopic (exact) mass is 385 g/mol. The van der Waals surface area contributed by atoms with Gasteiger partial charge in [0.25, 0.3) is 0 Å². The Morgan fingerprint density at radius 1 is 1.07 bits per heavy atom. The molecule has 1 heterocycles. The van der Waals surface area contributed by atoms with Crippen molar-refractivity contribution in [3.8, 4) is 11.5 Å². The normalized spacial score (nSPS) is 11.6. The van der Waals surface area contributed by atoms with Gasteiger partial charge in [0, 0.05) is 18.9 Å². The lowest BCUT2D eigenvalue weighted by atomic mass is 10.0. The van der Waals surface area contributed by atoms with Gasteiger partial charge in [0.15, 0.2) is 11.5 Å². The molecule has 0 aliphatic rings. The van der Waals surface area contributed by atoms with Crippen LogP contribution in [0.25, 0.3) is 0 Å². The zero-order valence-corrected chi connectivity index (χ0v) is 16.7. The zero-order valence-electron chi connectivity index (χ0n) is 16.7. The van der Waals surface area contributed by atoms with Crippen LogP contribution in [0.1, 0.15) is 25.0 Å². The maximum Gasteiger partial charge on any atom is 0.243 e. The van der Waals surface area contributed by atoms with Crippen molar-refractivity contribution in [2.45, 2.75) is 32.9 Å². The van der Waals surface area contributed by atoms with Crippen LogP contribution in [0.5, 0.6) is 11.5 Å². The number of carbonyl (C=O) groups is 2. The molecule has 7 nitrogen and oxygen atoms in total. The molecule has 28 heavy (non-hydrogen) atoms. The van der Waals surface area contributed by atoms with Crippen molar-refractivity contribution in [1.82, 2.24) is 15.6 Å². The van der Waals surface area contributed by atoms with Crippen molar-refractivity contribution in [1.29, 1.82) is 0 Å². The number of hydrogen-bond acceptors (Lipinski definition) is 5. The fraction of sp³-hybridized carbons (Fsp3) is 0.381. The third-order valence-corrected chi connectivity index (χ3v) is 4.27. The van der Waals surface area contributed by atoms with Crippen LogP contribution in [0.4, 0.5) is 0 Å². The number of amides is 2. The van der Waals surface area contributed by atoms with E-state index >= 15 is 0 Å². The highest BCUT2D eigenvalue weighted by molar-refractivity contribution is 5.88. The average Bonchev–Trinajstić information content (AvgIpc) is 2.70. The number of rotatable bonds is 9. The predicted octanol–water partition coefficient (Wildman–Crippen LogP) is 2.10. The molecular weight excluding hydrogens is 358 g/mol. The molecule has 0 aliphatic carbocycles. The van der Waals surface area contributed by atoms with Gasteiger partial charge in [0.2, 0.25) is 11.8 Å². The number of aromatic nitrogens is 1. The summed E-state index contributed by atoms with van der Waals surface area (Å²) >= 11 is 0. The largest absolute Gasteiger partial charge is 0.493 e. The molecule has 1 aromatic heterocycles. The lowest BCUT2D eigenvalue weighted by molar-refractivity contribution is -0.129. The van der Waals surface area contributed by atoms with Crippen molar-refractivity contribution in [3.63, 3.8) is 0 Å². The van der Waals surface area contributed by atoms with Gasteiger partial charge in [-0.1, -0.05) is 26.0 Å². The Morgan fingerprint density at radius 2 is 1.82 bits per heavy atom. The molecule has 0 unspecified atom stereocenters. The Labute approximate surface area is 165 Å². The lowest BCUT2D eigenvalue weighted by Gasteiger charge is -2.22. The maximum absolute atomic E-state index is 12.5. The van der Waals surface area contributed by atoms with Crippen LogP contribution in [0, 0.1) is 5.92 Å². The highest BCUT2D eigenvalue weighted by Gasteiger charge is 2.24. The standard InChI is InChI=1S/C21H27N3O4/c1-14(2)20(21(26)23-13-16-6-5-9-22-12-16)24-19(25)11-15-7-8-17(27-3)18(10-15)28-4/h5-10,12,14,20H,11,13H2,1-4H3,(H,23,26)(H,24,25)/t20-/m0/s1. The van der Waals surface area contributed by atoms with Crippen LogP contribution >= 0.6 is 0 Å². The van der Waals surface area contributed by atoms with E-state index in [2.05, 4.69) is 15.6 Å². The fourth-order valence-electron chi connectivity index (χ4n) is 2.74. The summed E-state index contributed by atoms with van der Waals surface area (Å²) in [7, 11) is 3.10. The molecule has 0 aliphatic heterocycles. The first-order chi connectivity index (χ1) is 13.4. The third-order valence-electron chi connectivity index (χ3n) is 4.27. The van der Waals surface area contributed by atoms with Crippen molar-refractivity contribution < 1.29 is 19.1 Å². The number of pyridine rings is 1. The van der Waals surface area contributed by atoms with Gasteiger partial charge in [-0.15, -0.1) is 0 Å². The Kier molecular flexibility index (Phi) is 7.80. The van der Waals surface area contributed by atoms with E-state index < -0.39 is 6.04 Å². The van der Waals surface area contributed by atoms with Crippen LogP contribution in [0.2, 0.25) is 0 Å². The molecule has 2 amide bonds. The number of ether oxygens (including phenoxy) is 2. The van der Waals surface area contributed by atoms with Crippen molar-refractivity contribution >= 4 is 11.8 Å². The molecule has 0 spiro atoms. The van der Waals surface area contributed by atoms with E-state index in [0.29, 0.717) is 18.0 Å². The molecule has 150 valence electrons. The number of carbonyl (C=O) groups excluding carboxylic acids is 2. The van der Waals surface area contributed by atoms with Gasteiger partial charge >= 0.3 is 0 Å². The minimum Gasteiger partial charge on any atom is -0.493 e. The second-order valence-electron chi connectivity index (χ2n) is 6.73. The Morgan fingerprint density at radius 3 is 2.43 bits per heavy atom. The van der Waals surface area contributed by atoms with Gasteiger partial charge in [0.05, 0.1) is 20.6 Å². The lowest BCUT2D eigenvalue weighted by Crippen LogP contribution is -2.49. The SMILES string of the molecule is COc1ccc(CC(=O)N[C@H](C(=O)NCc2cccnc2)C(C)C)cc1OC. The molecular formula is C21H27N3O4. The fourth-order valence-corrected chi connectivity index (χ4v) is 2.74. The van der Waals surface area contributed by atoms with E-state index in [1.807, 2.05) is 26.0 Å². The van der Waals surface area contributed by atoms with Crippen LogP contribution in [-0.4, -0.2) is 37.1 Å². The van der Waals surface area contributed by atoms with E-state index in [0.717, 1.165) is 11.1 Å². The number of methoxy groups -OCH3 is 2. The Hall–Kier alpha value is -3.09. The summed E-state index contributed by atoms with van der Waals surface area (Å²) in [5.74, 6) is 0.647. The summed E-state index contributed by atoms with van der Waals surface area (Å²) in [5.41, 5.74) is 1.67. The smallest absolute Gasteiger partial charge is 0.243 e. The molecule has 1 atom stereocenters. The number of hydrogen-bond donors (Lipinski definition) is 2. The number of benzene rings is 1. The van der Waals surface area contributed by atoms with Crippen molar-refractivity contribution in [3.05, 3.63) is 53.9 Å². The molecule has 2 N–H and O–H groups in total. The molecule has 0 bridgehead atoms. The topological polar surface area (TPSA) is 89.5 Å². The summed E-state index contributed by atoms with van der Waals surface area (Å²) in [6, 6.07) is 8.38. The predicted molar refractivity (Wildman–Crippen MR) is 106 cm³/mol. The first-order valence-electron chi connectivity index (χ1n) is 9.11. The average molecular weight is 385 g/mol. The summed E-state index contributed by atoms with van der Waals surface area (Å²) in [4.78, 5) is 29.1. The summed E-state index contributed by atoms with van der Waals surface area (Å²) in [6.07, 6.45) is 3.51. The second-order valence-corrected chi connectivity index (χ2v) is 6.73. The molecule has 7 heteroatoms. The molecule has 1 aromatic carbocycles. The molecule has 2 rings (SSSR count). The van der Waals surface area contributed by atoms with E-state index in [9.17, 15) is 9.59 Å². The minimum atomic E-state index is -0.621. The van der Waals surface area contributed by atoms with Crippen molar-refractivity contribution in [2.24, 2.45) is 5.92 Å². The molecule has 0 radical (unpaired) electrons. The van der Waals surface area contributed by atoms with E-state index in [-0.39, 0.29) is 24.2 Å². The van der Waals surface area contributed by atoms with Crippen LogP contribution in [-0.2, 0) is 22.6 Å². The molecule has 0 saturated heterocycles. The maximum atomic E-state index is 12.5. The van der Waals surface area contributed by atoms with Gasteiger partial charge in [-0.2, -0.15) is 0 Å². The van der Waals surface area contributed by atoms with Gasteiger partial charge in [-0.05, 0) is 35.2 Å². The van der Waals surface area contributed by atoms with Crippen LogP contribution in [0.3, 0.4) is 0 Å². The van der Waals surface area contributed by atoms with Gasteiger partial charge < -0.3 is 20.1 Å². The summed E-state index contributed by atoms with van der Waals surface area (Å²) in [6.45, 7) is 4.15. The van der Waals surface area contributed by atoms with Crippen molar-refractivity contribution in [2.75, 3.05) is 14.2 Å². The second kappa shape index (κ2) is 10.3. The highest BCUT2D eigenvalue weighted by Crippen LogP contribution is 2.27.